The van der Waals surface area contributed by atoms with Crippen LogP contribution in [0.25, 0.3) is 0 Å². The van der Waals surface area contributed by atoms with Crippen molar-refractivity contribution in [1.29, 1.82) is 0 Å². The number of urea groups is 1. The molecule has 2 amide bonds. The SMILES string of the molecule is O=C(NCc1ccc(C(=O)O)cc1)Nc1ncn(C2CCCCC2)n1. The Bertz CT molecular complexity index is 735. The predicted molar refractivity (Wildman–Crippen MR) is 91.4 cm³/mol. The molecule has 0 saturated heterocycles. The standard InChI is InChI=1S/C17H21N5O3/c23-15(24)13-8-6-12(7-9-13)10-18-17(25)20-16-19-11-22(21-16)14-4-2-1-3-5-14/h6-9,11,14H,1-5,10H2,(H,23,24)(H2,18,20,21,25). The van der Waals surface area contributed by atoms with Gasteiger partial charge in [-0.2, -0.15) is 0 Å². The Morgan fingerprint density at radius 1 is 1.16 bits per heavy atom. The summed E-state index contributed by atoms with van der Waals surface area (Å²) in [6.07, 6.45) is 7.54. The van der Waals surface area contributed by atoms with Gasteiger partial charge in [-0.15, -0.1) is 5.10 Å². The number of nitrogens with one attached hydrogen (secondary N) is 2. The van der Waals surface area contributed by atoms with E-state index in [1.165, 1.54) is 31.4 Å². The van der Waals surface area contributed by atoms with Crippen LogP contribution in [0, 0.1) is 0 Å². The zero-order valence-corrected chi connectivity index (χ0v) is 13.8. The Balaban J connectivity index is 1.49. The molecule has 3 rings (SSSR count). The summed E-state index contributed by atoms with van der Waals surface area (Å²) in [4.78, 5) is 26.9. The Morgan fingerprint density at radius 3 is 2.56 bits per heavy atom. The smallest absolute Gasteiger partial charge is 0.335 e. The molecule has 0 atom stereocenters. The fourth-order valence-corrected chi connectivity index (χ4v) is 2.95. The first kappa shape index (κ1) is 16.9. The Kier molecular flexibility index (Phi) is 5.27. The van der Waals surface area contributed by atoms with Gasteiger partial charge in [0.1, 0.15) is 6.33 Å². The summed E-state index contributed by atoms with van der Waals surface area (Å²) in [6.45, 7) is 0.287. The number of anilines is 1. The number of hydrogen-bond acceptors (Lipinski definition) is 4. The zero-order valence-electron chi connectivity index (χ0n) is 13.8. The minimum absolute atomic E-state index is 0.214. The van der Waals surface area contributed by atoms with Crippen molar-refractivity contribution in [3.63, 3.8) is 0 Å². The Labute approximate surface area is 145 Å². The van der Waals surface area contributed by atoms with Gasteiger partial charge in [-0.1, -0.05) is 31.4 Å². The quantitative estimate of drug-likeness (QED) is 0.773. The molecule has 1 aliphatic carbocycles. The van der Waals surface area contributed by atoms with Crippen molar-refractivity contribution in [1.82, 2.24) is 20.1 Å². The third-order valence-corrected chi connectivity index (χ3v) is 4.34. The van der Waals surface area contributed by atoms with E-state index in [4.69, 9.17) is 5.11 Å². The van der Waals surface area contributed by atoms with Crippen LogP contribution >= 0.6 is 0 Å². The summed E-state index contributed by atoms with van der Waals surface area (Å²) < 4.78 is 1.83. The van der Waals surface area contributed by atoms with E-state index in [0.717, 1.165) is 18.4 Å². The molecule has 1 aromatic carbocycles. The molecule has 2 aromatic rings. The number of hydrogen-bond donors (Lipinski definition) is 3. The van der Waals surface area contributed by atoms with Crippen molar-refractivity contribution in [2.75, 3.05) is 5.32 Å². The van der Waals surface area contributed by atoms with Crippen molar-refractivity contribution in [2.45, 2.75) is 44.7 Å². The van der Waals surface area contributed by atoms with Crippen molar-refractivity contribution in [2.24, 2.45) is 0 Å². The van der Waals surface area contributed by atoms with Gasteiger partial charge in [-0.3, -0.25) is 5.32 Å². The number of aromatic nitrogens is 3. The van der Waals surface area contributed by atoms with E-state index >= 15 is 0 Å². The predicted octanol–water partition coefficient (Wildman–Crippen LogP) is 2.80. The molecule has 1 aliphatic rings. The van der Waals surface area contributed by atoms with Crippen molar-refractivity contribution >= 4 is 17.9 Å². The average molecular weight is 343 g/mol. The first-order valence-electron chi connectivity index (χ1n) is 8.40. The Morgan fingerprint density at radius 2 is 1.88 bits per heavy atom. The molecule has 0 bridgehead atoms. The van der Waals surface area contributed by atoms with Gasteiger partial charge in [0.25, 0.3) is 0 Å². The lowest BCUT2D eigenvalue weighted by atomic mass is 9.96. The fourth-order valence-electron chi connectivity index (χ4n) is 2.95. The molecule has 25 heavy (non-hydrogen) atoms. The lowest BCUT2D eigenvalue weighted by Crippen LogP contribution is -2.28. The second-order valence-electron chi connectivity index (χ2n) is 6.15. The van der Waals surface area contributed by atoms with E-state index in [1.807, 2.05) is 4.68 Å². The molecule has 0 radical (unpaired) electrons. The van der Waals surface area contributed by atoms with Crippen LogP contribution in [0.2, 0.25) is 0 Å². The van der Waals surface area contributed by atoms with Gasteiger partial charge in [0, 0.05) is 6.54 Å². The molecule has 8 nitrogen and oxygen atoms in total. The van der Waals surface area contributed by atoms with Crippen molar-refractivity contribution in [3.8, 4) is 0 Å². The van der Waals surface area contributed by atoms with E-state index in [-0.39, 0.29) is 18.1 Å². The third-order valence-electron chi connectivity index (χ3n) is 4.34. The first-order chi connectivity index (χ1) is 12.1. The third kappa shape index (κ3) is 4.56. The molecule has 1 fully saturated rings. The van der Waals surface area contributed by atoms with Crippen LogP contribution in [-0.4, -0.2) is 31.9 Å². The number of aromatic carboxylic acids is 1. The highest BCUT2D eigenvalue weighted by Crippen LogP contribution is 2.27. The molecule has 1 aromatic heterocycles. The summed E-state index contributed by atoms with van der Waals surface area (Å²) in [5.74, 6) is -0.693. The molecule has 0 spiro atoms. The number of carboxylic acid groups (broad SMARTS) is 1. The number of carboxylic acids is 1. The van der Waals surface area contributed by atoms with Gasteiger partial charge in [0.05, 0.1) is 11.6 Å². The van der Waals surface area contributed by atoms with Crippen LogP contribution in [0.15, 0.2) is 30.6 Å². The van der Waals surface area contributed by atoms with Gasteiger partial charge >= 0.3 is 12.0 Å². The molecule has 0 aliphatic heterocycles. The minimum atomic E-state index is -0.975. The zero-order chi connectivity index (χ0) is 17.6. The first-order valence-corrected chi connectivity index (χ1v) is 8.40. The molecular weight excluding hydrogens is 322 g/mol. The van der Waals surface area contributed by atoms with E-state index in [0.29, 0.717) is 6.04 Å². The molecule has 1 saturated carbocycles. The number of benzene rings is 1. The normalized spacial score (nSPS) is 14.9. The molecule has 1 heterocycles. The fraction of sp³-hybridized carbons (Fsp3) is 0.412. The largest absolute Gasteiger partial charge is 0.478 e. The highest BCUT2D eigenvalue weighted by atomic mass is 16.4. The highest BCUT2D eigenvalue weighted by molar-refractivity contribution is 5.88. The van der Waals surface area contributed by atoms with E-state index in [2.05, 4.69) is 20.7 Å². The van der Waals surface area contributed by atoms with E-state index < -0.39 is 12.0 Å². The molecular formula is C17H21N5O3. The van der Waals surface area contributed by atoms with Crippen LogP contribution in [0.3, 0.4) is 0 Å². The summed E-state index contributed by atoms with van der Waals surface area (Å²) >= 11 is 0. The Hall–Kier alpha value is -2.90. The van der Waals surface area contributed by atoms with Gasteiger partial charge in [0.15, 0.2) is 0 Å². The summed E-state index contributed by atoms with van der Waals surface area (Å²) in [5, 5.41) is 18.5. The van der Waals surface area contributed by atoms with Crippen molar-refractivity contribution in [3.05, 3.63) is 41.7 Å². The van der Waals surface area contributed by atoms with Crippen LogP contribution in [-0.2, 0) is 6.54 Å². The second-order valence-corrected chi connectivity index (χ2v) is 6.15. The van der Waals surface area contributed by atoms with Gasteiger partial charge in [-0.25, -0.2) is 19.3 Å². The average Bonchev–Trinajstić information content (AvgIpc) is 3.09. The second kappa shape index (κ2) is 7.78. The van der Waals surface area contributed by atoms with Crippen LogP contribution < -0.4 is 10.6 Å². The van der Waals surface area contributed by atoms with Crippen molar-refractivity contribution < 1.29 is 14.7 Å². The van der Waals surface area contributed by atoms with Gasteiger partial charge < -0.3 is 10.4 Å². The van der Waals surface area contributed by atoms with Gasteiger partial charge in [0.2, 0.25) is 5.95 Å². The maximum Gasteiger partial charge on any atom is 0.335 e. The minimum Gasteiger partial charge on any atom is -0.478 e. The summed E-state index contributed by atoms with van der Waals surface area (Å²) in [5.41, 5.74) is 1.02. The maximum atomic E-state index is 11.9. The maximum absolute atomic E-state index is 11.9. The number of nitrogens with zero attached hydrogens (tertiary/aromatic N) is 3. The number of rotatable bonds is 5. The van der Waals surface area contributed by atoms with E-state index in [1.54, 1.807) is 18.5 Å². The lowest BCUT2D eigenvalue weighted by Gasteiger charge is -2.21. The number of carbonyl (C=O) groups excluding carboxylic acids is 1. The van der Waals surface area contributed by atoms with E-state index in [9.17, 15) is 9.59 Å². The topological polar surface area (TPSA) is 109 Å². The molecule has 3 N–H and O–H groups in total. The van der Waals surface area contributed by atoms with Crippen LogP contribution in [0.5, 0.6) is 0 Å². The van der Waals surface area contributed by atoms with Crippen LogP contribution in [0.4, 0.5) is 10.7 Å². The van der Waals surface area contributed by atoms with Gasteiger partial charge in [-0.05, 0) is 30.5 Å². The van der Waals surface area contributed by atoms with Crippen LogP contribution in [0.1, 0.15) is 54.1 Å². The molecule has 132 valence electrons. The number of amides is 2. The lowest BCUT2D eigenvalue weighted by molar-refractivity contribution is 0.0697. The summed E-state index contributed by atoms with van der Waals surface area (Å²) in [7, 11) is 0. The number of carbonyl (C=O) groups is 2. The summed E-state index contributed by atoms with van der Waals surface area (Å²) in [6, 6.07) is 6.31. The monoisotopic (exact) mass is 343 g/mol. The highest BCUT2D eigenvalue weighted by Gasteiger charge is 2.17. The molecule has 8 heteroatoms. The molecule has 0 unspecified atom stereocenters.